The number of rotatable bonds is 8. The predicted molar refractivity (Wildman–Crippen MR) is 125 cm³/mol. The molecular formula is C24H18F3N5O2S. The number of nitrogens with zero attached hydrogens (tertiary/aromatic N) is 3. The van der Waals surface area contributed by atoms with Gasteiger partial charge in [-0.3, -0.25) is 14.2 Å². The summed E-state index contributed by atoms with van der Waals surface area (Å²) in [6, 6.07) is 16.5. The molecule has 2 amide bonds. The molecule has 35 heavy (non-hydrogen) atoms. The molecule has 0 bridgehead atoms. The van der Waals surface area contributed by atoms with Crippen molar-refractivity contribution < 1.29 is 22.8 Å². The van der Waals surface area contributed by atoms with Crippen molar-refractivity contribution in [3.05, 3.63) is 90.2 Å². The summed E-state index contributed by atoms with van der Waals surface area (Å²) in [5.41, 5.74) is 1.54. The summed E-state index contributed by atoms with van der Waals surface area (Å²) in [4.78, 5) is 24.3. The van der Waals surface area contributed by atoms with E-state index in [1.807, 2.05) is 0 Å². The SMILES string of the molecule is O=C(CSc1nnc(-c2ccc(F)cc2)n1-c1ccc(F)cc1)NCC(=O)Nc1ccc(F)cc1. The topological polar surface area (TPSA) is 88.9 Å². The van der Waals surface area contributed by atoms with Crippen LogP contribution in [0.3, 0.4) is 0 Å². The molecule has 11 heteroatoms. The van der Waals surface area contributed by atoms with Gasteiger partial charge in [-0.1, -0.05) is 11.8 Å². The van der Waals surface area contributed by atoms with Gasteiger partial charge in [0.05, 0.1) is 12.3 Å². The number of benzene rings is 3. The Kier molecular flexibility index (Phi) is 7.46. The number of hydrogen-bond acceptors (Lipinski definition) is 5. The highest BCUT2D eigenvalue weighted by molar-refractivity contribution is 7.99. The first kappa shape index (κ1) is 24.0. The Morgan fingerprint density at radius 1 is 0.771 bits per heavy atom. The van der Waals surface area contributed by atoms with Crippen LogP contribution in [0.5, 0.6) is 0 Å². The van der Waals surface area contributed by atoms with E-state index in [9.17, 15) is 22.8 Å². The third-order valence-electron chi connectivity index (χ3n) is 4.73. The number of nitrogens with one attached hydrogen (secondary N) is 2. The second-order valence-corrected chi connectivity index (χ2v) is 8.19. The second-order valence-electron chi connectivity index (χ2n) is 7.25. The Bertz CT molecular complexity index is 1330. The molecule has 178 valence electrons. The fraction of sp³-hybridized carbons (Fsp3) is 0.0833. The van der Waals surface area contributed by atoms with Crippen LogP contribution >= 0.6 is 11.8 Å². The highest BCUT2D eigenvalue weighted by Gasteiger charge is 2.18. The van der Waals surface area contributed by atoms with Crippen LogP contribution in [-0.4, -0.2) is 38.9 Å². The number of anilines is 1. The van der Waals surface area contributed by atoms with E-state index < -0.39 is 29.3 Å². The number of halogens is 3. The van der Waals surface area contributed by atoms with Crippen molar-refractivity contribution in [3.8, 4) is 17.1 Å². The van der Waals surface area contributed by atoms with E-state index in [-0.39, 0.29) is 12.3 Å². The normalized spacial score (nSPS) is 10.7. The molecule has 0 saturated heterocycles. The van der Waals surface area contributed by atoms with E-state index in [1.54, 1.807) is 16.7 Å². The highest BCUT2D eigenvalue weighted by Crippen LogP contribution is 2.28. The molecule has 7 nitrogen and oxygen atoms in total. The van der Waals surface area contributed by atoms with Crippen LogP contribution in [0.1, 0.15) is 0 Å². The zero-order chi connectivity index (χ0) is 24.8. The van der Waals surface area contributed by atoms with Crippen molar-refractivity contribution in [2.75, 3.05) is 17.6 Å². The standard InChI is InChI=1S/C24H18F3N5O2S/c25-16-3-1-15(2-4-16)23-30-31-24(32(23)20-11-7-18(27)8-12-20)35-14-22(34)28-13-21(33)29-19-9-5-17(26)6-10-19/h1-12H,13-14H2,(H,28,34)(H,29,33). The van der Waals surface area contributed by atoms with Gasteiger partial charge in [-0.2, -0.15) is 0 Å². The van der Waals surface area contributed by atoms with Gasteiger partial charge in [-0.15, -0.1) is 10.2 Å². The largest absolute Gasteiger partial charge is 0.346 e. The van der Waals surface area contributed by atoms with Gasteiger partial charge >= 0.3 is 0 Å². The highest BCUT2D eigenvalue weighted by atomic mass is 32.2. The van der Waals surface area contributed by atoms with E-state index in [1.165, 1.54) is 60.7 Å². The van der Waals surface area contributed by atoms with Crippen LogP contribution < -0.4 is 10.6 Å². The molecule has 0 spiro atoms. The fourth-order valence-electron chi connectivity index (χ4n) is 3.07. The van der Waals surface area contributed by atoms with E-state index in [4.69, 9.17) is 0 Å². The van der Waals surface area contributed by atoms with Crippen LogP contribution in [0.2, 0.25) is 0 Å². The maximum atomic E-state index is 13.5. The van der Waals surface area contributed by atoms with Crippen molar-refractivity contribution >= 4 is 29.3 Å². The summed E-state index contributed by atoms with van der Waals surface area (Å²) in [5, 5.41) is 13.7. The Balaban J connectivity index is 1.43. The van der Waals surface area contributed by atoms with Gasteiger partial charge in [0.15, 0.2) is 11.0 Å². The van der Waals surface area contributed by atoms with Gasteiger partial charge in [-0.25, -0.2) is 13.2 Å². The van der Waals surface area contributed by atoms with Crippen LogP contribution in [0.15, 0.2) is 78.0 Å². The fourth-order valence-corrected chi connectivity index (χ4v) is 3.85. The maximum absolute atomic E-state index is 13.5. The lowest BCUT2D eigenvalue weighted by molar-refractivity contribution is -0.122. The Labute approximate surface area is 202 Å². The first-order chi connectivity index (χ1) is 16.9. The van der Waals surface area contributed by atoms with E-state index >= 15 is 0 Å². The van der Waals surface area contributed by atoms with Gasteiger partial charge in [0.25, 0.3) is 0 Å². The Morgan fingerprint density at radius 3 is 1.97 bits per heavy atom. The molecule has 0 unspecified atom stereocenters. The van der Waals surface area contributed by atoms with Crippen molar-refractivity contribution in [1.82, 2.24) is 20.1 Å². The number of hydrogen-bond donors (Lipinski definition) is 2. The quantitative estimate of drug-likeness (QED) is 0.356. The van der Waals surface area contributed by atoms with Crippen LogP contribution in [0.25, 0.3) is 17.1 Å². The minimum absolute atomic E-state index is 0.0768. The van der Waals surface area contributed by atoms with Gasteiger partial charge in [0.1, 0.15) is 17.5 Å². The molecule has 0 aliphatic rings. The summed E-state index contributed by atoms with van der Waals surface area (Å²) >= 11 is 1.07. The number of carbonyl (C=O) groups is 2. The second kappa shape index (κ2) is 10.9. The number of carbonyl (C=O) groups excluding carboxylic acids is 2. The first-order valence-corrected chi connectivity index (χ1v) is 11.3. The molecule has 0 saturated carbocycles. The number of thioether (sulfide) groups is 1. The van der Waals surface area contributed by atoms with Crippen LogP contribution in [-0.2, 0) is 9.59 Å². The maximum Gasteiger partial charge on any atom is 0.243 e. The summed E-state index contributed by atoms with van der Waals surface area (Å²) in [6.45, 7) is -0.276. The molecule has 4 rings (SSSR count). The number of amides is 2. The molecule has 3 aromatic carbocycles. The summed E-state index contributed by atoms with van der Waals surface area (Å²) in [7, 11) is 0. The monoisotopic (exact) mass is 497 g/mol. The Hall–Kier alpha value is -4.12. The smallest absolute Gasteiger partial charge is 0.243 e. The third kappa shape index (κ3) is 6.27. The van der Waals surface area contributed by atoms with Crippen LogP contribution in [0, 0.1) is 17.5 Å². The lowest BCUT2D eigenvalue weighted by Gasteiger charge is -2.11. The summed E-state index contributed by atoms with van der Waals surface area (Å²) in [5.74, 6) is -1.84. The van der Waals surface area contributed by atoms with Crippen LogP contribution in [0.4, 0.5) is 18.9 Å². The molecule has 0 radical (unpaired) electrons. The molecule has 0 aliphatic carbocycles. The molecule has 0 fully saturated rings. The zero-order valence-electron chi connectivity index (χ0n) is 18.0. The van der Waals surface area contributed by atoms with Gasteiger partial charge < -0.3 is 10.6 Å². The molecule has 2 N–H and O–H groups in total. The minimum atomic E-state index is -0.469. The molecule has 1 heterocycles. The Morgan fingerprint density at radius 2 is 1.34 bits per heavy atom. The van der Waals surface area contributed by atoms with Crippen molar-refractivity contribution in [2.24, 2.45) is 0 Å². The average molecular weight is 498 g/mol. The number of aromatic nitrogens is 3. The third-order valence-corrected chi connectivity index (χ3v) is 5.66. The predicted octanol–water partition coefficient (Wildman–Crippen LogP) is 4.20. The lowest BCUT2D eigenvalue weighted by Crippen LogP contribution is -2.33. The van der Waals surface area contributed by atoms with Crippen molar-refractivity contribution in [2.45, 2.75) is 5.16 Å². The van der Waals surface area contributed by atoms with Crippen molar-refractivity contribution in [3.63, 3.8) is 0 Å². The lowest BCUT2D eigenvalue weighted by atomic mass is 10.2. The summed E-state index contributed by atoms with van der Waals surface area (Å²) in [6.07, 6.45) is 0. The average Bonchev–Trinajstić information content (AvgIpc) is 3.28. The van der Waals surface area contributed by atoms with Gasteiger partial charge in [0, 0.05) is 16.9 Å². The van der Waals surface area contributed by atoms with Gasteiger partial charge in [0.2, 0.25) is 11.8 Å². The minimum Gasteiger partial charge on any atom is -0.346 e. The molecule has 1 aromatic heterocycles. The van der Waals surface area contributed by atoms with Gasteiger partial charge in [-0.05, 0) is 72.8 Å². The molecule has 0 atom stereocenters. The first-order valence-electron chi connectivity index (χ1n) is 10.3. The zero-order valence-corrected chi connectivity index (χ0v) is 18.9. The van der Waals surface area contributed by atoms with Crippen molar-refractivity contribution in [1.29, 1.82) is 0 Å². The van der Waals surface area contributed by atoms with E-state index in [0.29, 0.717) is 27.9 Å². The molecular weight excluding hydrogens is 479 g/mol. The molecule has 4 aromatic rings. The molecule has 0 aliphatic heterocycles. The van der Waals surface area contributed by atoms with E-state index in [0.717, 1.165) is 11.8 Å². The summed E-state index contributed by atoms with van der Waals surface area (Å²) < 4.78 is 41.4. The van der Waals surface area contributed by atoms with E-state index in [2.05, 4.69) is 20.8 Å².